The fourth-order valence-corrected chi connectivity index (χ4v) is 4.46. The minimum Gasteiger partial charge on any atom is -0.314 e. The number of aromatic nitrogens is 3. The summed E-state index contributed by atoms with van der Waals surface area (Å²) in [5.74, 6) is 1.95. The highest BCUT2D eigenvalue weighted by Crippen LogP contribution is 2.19. The molecule has 1 aromatic heterocycles. The van der Waals surface area contributed by atoms with Crippen LogP contribution in [0.3, 0.4) is 0 Å². The lowest BCUT2D eigenvalue weighted by Crippen LogP contribution is -2.33. The van der Waals surface area contributed by atoms with E-state index >= 15 is 0 Å². The molecule has 120 valence electrons. The first-order chi connectivity index (χ1) is 9.93. The topological polar surface area (TPSA) is 76.9 Å². The molecule has 0 amide bonds. The number of nitrogens with zero attached hydrogens (tertiary/aromatic N) is 3. The van der Waals surface area contributed by atoms with Crippen LogP contribution >= 0.6 is 11.6 Å². The van der Waals surface area contributed by atoms with Crippen molar-refractivity contribution in [1.29, 1.82) is 0 Å². The van der Waals surface area contributed by atoms with E-state index < -0.39 is 10.0 Å². The van der Waals surface area contributed by atoms with E-state index in [-0.39, 0.29) is 17.7 Å². The van der Waals surface area contributed by atoms with Crippen molar-refractivity contribution in [2.24, 2.45) is 5.92 Å². The minimum atomic E-state index is -3.37. The predicted octanol–water partition coefficient (Wildman–Crippen LogP) is 1.86. The maximum atomic E-state index is 12.1. The molecule has 2 heterocycles. The van der Waals surface area contributed by atoms with Gasteiger partial charge in [-0.2, -0.15) is 0 Å². The molecule has 0 fully saturated rings. The second-order valence-electron chi connectivity index (χ2n) is 5.82. The Labute approximate surface area is 131 Å². The van der Waals surface area contributed by atoms with Gasteiger partial charge in [0.1, 0.15) is 5.82 Å². The zero-order chi connectivity index (χ0) is 15.5. The number of rotatable bonds is 6. The molecule has 2 rings (SSSR count). The van der Waals surface area contributed by atoms with E-state index in [4.69, 9.17) is 11.6 Å². The van der Waals surface area contributed by atoms with Crippen molar-refractivity contribution in [2.45, 2.75) is 52.1 Å². The molecule has 1 N–H and O–H groups in total. The van der Waals surface area contributed by atoms with Crippen LogP contribution in [0.5, 0.6) is 0 Å². The van der Waals surface area contributed by atoms with Gasteiger partial charge in [-0.25, -0.2) is 13.1 Å². The van der Waals surface area contributed by atoms with Crippen molar-refractivity contribution in [3.05, 3.63) is 11.6 Å². The third-order valence-electron chi connectivity index (χ3n) is 3.65. The van der Waals surface area contributed by atoms with E-state index in [9.17, 15) is 8.42 Å². The Morgan fingerprint density at radius 3 is 2.76 bits per heavy atom. The highest BCUT2D eigenvalue weighted by Gasteiger charge is 2.24. The van der Waals surface area contributed by atoms with Gasteiger partial charge in [-0.05, 0) is 25.7 Å². The van der Waals surface area contributed by atoms with Crippen molar-refractivity contribution in [3.63, 3.8) is 0 Å². The van der Waals surface area contributed by atoms with Crippen molar-refractivity contribution in [1.82, 2.24) is 19.5 Å². The number of hydrogen-bond acceptors (Lipinski definition) is 4. The van der Waals surface area contributed by atoms with Crippen molar-refractivity contribution in [2.75, 3.05) is 11.6 Å². The highest BCUT2D eigenvalue weighted by atomic mass is 35.5. The lowest BCUT2D eigenvalue weighted by atomic mass is 10.2. The molecule has 8 heteroatoms. The second kappa shape index (κ2) is 7.07. The monoisotopic (exact) mass is 334 g/mol. The summed E-state index contributed by atoms with van der Waals surface area (Å²) >= 11 is 5.69. The lowest BCUT2D eigenvalue weighted by molar-refractivity contribution is 0.528. The van der Waals surface area contributed by atoms with Crippen molar-refractivity contribution in [3.8, 4) is 0 Å². The molecule has 0 aliphatic carbocycles. The van der Waals surface area contributed by atoms with Crippen LogP contribution in [0.2, 0.25) is 0 Å². The van der Waals surface area contributed by atoms with E-state index in [1.807, 2.05) is 13.8 Å². The summed E-state index contributed by atoms with van der Waals surface area (Å²) in [7, 11) is -3.37. The van der Waals surface area contributed by atoms with Gasteiger partial charge >= 0.3 is 0 Å². The van der Waals surface area contributed by atoms with Crippen molar-refractivity contribution < 1.29 is 8.42 Å². The average molecular weight is 335 g/mol. The molecule has 1 aliphatic rings. The van der Waals surface area contributed by atoms with Crippen LogP contribution < -0.4 is 4.72 Å². The van der Waals surface area contributed by atoms with Gasteiger partial charge in [-0.1, -0.05) is 13.3 Å². The van der Waals surface area contributed by atoms with Gasteiger partial charge in [0.2, 0.25) is 10.0 Å². The van der Waals surface area contributed by atoms with Gasteiger partial charge in [0.05, 0.1) is 11.8 Å². The second-order valence-corrected chi connectivity index (χ2v) is 7.92. The first-order valence-electron chi connectivity index (χ1n) is 7.41. The summed E-state index contributed by atoms with van der Waals surface area (Å²) in [6, 6.07) is -0.378. The average Bonchev–Trinajstić information content (AvgIpc) is 2.67. The number of fused-ring (bicyclic) bond motifs is 1. The standard InChI is InChI=1S/C13H23ClN4O2S/c1-10(8-14)9-21(19,20)17-11(2)13-16-15-12-6-4-3-5-7-18(12)13/h10-11,17H,3-9H2,1-2H3. The Kier molecular flexibility index (Phi) is 5.62. The van der Waals surface area contributed by atoms with Crippen molar-refractivity contribution >= 4 is 21.6 Å². The molecule has 6 nitrogen and oxygen atoms in total. The van der Waals surface area contributed by atoms with E-state index in [1.165, 1.54) is 6.42 Å². The SMILES string of the molecule is CC(CCl)CS(=O)(=O)NC(C)c1nnc2n1CCCCC2. The molecule has 0 radical (unpaired) electrons. The fourth-order valence-electron chi connectivity index (χ4n) is 2.62. The van der Waals surface area contributed by atoms with Crippen LogP contribution in [0, 0.1) is 5.92 Å². The molecule has 1 aromatic rings. The molecular weight excluding hydrogens is 312 g/mol. The van der Waals surface area contributed by atoms with Crippen LogP contribution in [-0.2, 0) is 23.0 Å². The molecule has 0 saturated heterocycles. The third-order valence-corrected chi connectivity index (χ3v) is 5.90. The zero-order valence-electron chi connectivity index (χ0n) is 12.5. The molecule has 21 heavy (non-hydrogen) atoms. The largest absolute Gasteiger partial charge is 0.314 e. The van der Waals surface area contributed by atoms with Gasteiger partial charge < -0.3 is 4.57 Å². The molecule has 0 bridgehead atoms. The molecule has 0 saturated carbocycles. The van der Waals surface area contributed by atoms with Crippen LogP contribution in [0.4, 0.5) is 0 Å². The number of aryl methyl sites for hydroxylation is 1. The van der Waals surface area contributed by atoms with E-state index in [0.29, 0.717) is 11.7 Å². The maximum absolute atomic E-state index is 12.1. The number of sulfonamides is 1. The van der Waals surface area contributed by atoms with Gasteiger partial charge in [0.15, 0.2) is 5.82 Å². The van der Waals surface area contributed by atoms with E-state index in [2.05, 4.69) is 19.5 Å². The fraction of sp³-hybridized carbons (Fsp3) is 0.846. The number of alkyl halides is 1. The highest BCUT2D eigenvalue weighted by molar-refractivity contribution is 7.89. The van der Waals surface area contributed by atoms with Gasteiger partial charge in [0, 0.05) is 18.8 Å². The normalized spacial score (nSPS) is 18.8. The predicted molar refractivity (Wildman–Crippen MR) is 82.8 cm³/mol. The lowest BCUT2D eigenvalue weighted by Gasteiger charge is -2.16. The minimum absolute atomic E-state index is 0.0296. The number of halogens is 1. The zero-order valence-corrected chi connectivity index (χ0v) is 14.1. The van der Waals surface area contributed by atoms with E-state index in [1.54, 1.807) is 0 Å². The first-order valence-corrected chi connectivity index (χ1v) is 9.59. The molecule has 0 spiro atoms. The maximum Gasteiger partial charge on any atom is 0.212 e. The van der Waals surface area contributed by atoms with Crippen LogP contribution in [-0.4, -0.2) is 34.8 Å². The smallest absolute Gasteiger partial charge is 0.212 e. The number of hydrogen-bond donors (Lipinski definition) is 1. The Hall–Kier alpha value is -0.660. The quantitative estimate of drug-likeness (QED) is 0.805. The summed E-state index contributed by atoms with van der Waals surface area (Å²) in [6.45, 7) is 4.49. The Balaban J connectivity index is 2.10. The Morgan fingerprint density at radius 1 is 1.29 bits per heavy atom. The van der Waals surface area contributed by atoms with Crippen LogP contribution in [0.15, 0.2) is 0 Å². The Morgan fingerprint density at radius 2 is 2.05 bits per heavy atom. The molecular formula is C13H23ClN4O2S. The summed E-state index contributed by atoms with van der Waals surface area (Å²) in [5.41, 5.74) is 0. The number of nitrogens with one attached hydrogen (secondary N) is 1. The van der Waals surface area contributed by atoms with Crippen LogP contribution in [0.25, 0.3) is 0 Å². The first kappa shape index (κ1) is 16.7. The van der Waals surface area contributed by atoms with E-state index in [0.717, 1.165) is 31.6 Å². The summed E-state index contributed by atoms with van der Waals surface area (Å²) in [6.07, 6.45) is 4.29. The molecule has 1 aliphatic heterocycles. The summed E-state index contributed by atoms with van der Waals surface area (Å²) in [5, 5.41) is 8.38. The van der Waals surface area contributed by atoms with Gasteiger partial charge in [0.25, 0.3) is 0 Å². The summed E-state index contributed by atoms with van der Waals surface area (Å²) in [4.78, 5) is 0. The van der Waals surface area contributed by atoms with Gasteiger partial charge in [-0.3, -0.25) is 0 Å². The third kappa shape index (κ3) is 4.40. The molecule has 2 unspecified atom stereocenters. The summed E-state index contributed by atoms with van der Waals surface area (Å²) < 4.78 is 29.0. The molecule has 0 aromatic carbocycles. The Bertz CT molecular complexity index is 573. The van der Waals surface area contributed by atoms with Crippen LogP contribution in [0.1, 0.15) is 50.8 Å². The molecule has 2 atom stereocenters. The van der Waals surface area contributed by atoms with Gasteiger partial charge in [-0.15, -0.1) is 21.8 Å².